The zero-order valence-electron chi connectivity index (χ0n) is 15.6. The number of aliphatic hydroxyl groups is 1. The lowest BCUT2D eigenvalue weighted by molar-refractivity contribution is 0.0217. The Balaban J connectivity index is 1.46. The molecule has 4 rings (SSSR count). The van der Waals surface area contributed by atoms with E-state index in [0.29, 0.717) is 13.1 Å². The zero-order chi connectivity index (χ0) is 19.3. The van der Waals surface area contributed by atoms with Crippen LogP contribution in [0.2, 0.25) is 0 Å². The Hall–Kier alpha value is -3.11. The molecule has 0 spiro atoms. The molecule has 1 N–H and O–H groups in total. The second kappa shape index (κ2) is 8.28. The Kier molecular flexibility index (Phi) is 5.40. The van der Waals surface area contributed by atoms with E-state index in [0.717, 1.165) is 34.2 Å². The summed E-state index contributed by atoms with van der Waals surface area (Å²) in [4.78, 5) is 14.2. The largest absolute Gasteiger partial charge is 0.441 e. The van der Waals surface area contributed by atoms with Gasteiger partial charge in [0.15, 0.2) is 0 Å². The van der Waals surface area contributed by atoms with Gasteiger partial charge in [0.05, 0.1) is 6.61 Å². The molecule has 4 nitrogen and oxygen atoms in total. The molecule has 28 heavy (non-hydrogen) atoms. The third-order valence-corrected chi connectivity index (χ3v) is 5.08. The number of rotatable bonds is 5. The van der Waals surface area contributed by atoms with Gasteiger partial charge in [0.25, 0.3) is 0 Å². The highest BCUT2D eigenvalue weighted by Crippen LogP contribution is 2.28. The monoisotopic (exact) mass is 373 g/mol. The van der Waals surface area contributed by atoms with Crippen molar-refractivity contribution in [2.45, 2.75) is 25.7 Å². The second-order valence-electron chi connectivity index (χ2n) is 7.05. The van der Waals surface area contributed by atoms with Crippen molar-refractivity contribution in [3.63, 3.8) is 0 Å². The van der Waals surface area contributed by atoms with E-state index in [1.165, 1.54) is 0 Å². The normalized spacial score (nSPS) is 16.7. The van der Waals surface area contributed by atoms with Gasteiger partial charge in [-0.1, -0.05) is 66.7 Å². The predicted molar refractivity (Wildman–Crippen MR) is 108 cm³/mol. The number of cyclic esters (lactones) is 1. The summed E-state index contributed by atoms with van der Waals surface area (Å²) in [6, 6.07) is 25.9. The molecule has 1 atom stereocenters. The average molecular weight is 373 g/mol. The maximum absolute atomic E-state index is 12.5. The van der Waals surface area contributed by atoms with Crippen molar-refractivity contribution in [1.82, 2.24) is 4.90 Å². The van der Waals surface area contributed by atoms with Gasteiger partial charge < -0.3 is 14.7 Å². The number of carbonyl (C=O) groups is 1. The molecule has 1 heterocycles. The Bertz CT molecular complexity index is 955. The van der Waals surface area contributed by atoms with Gasteiger partial charge in [0.1, 0.15) is 6.10 Å². The average Bonchev–Trinajstić information content (AvgIpc) is 2.76. The Labute approximate surface area is 165 Å². The summed E-state index contributed by atoms with van der Waals surface area (Å²) >= 11 is 0. The number of nitrogens with zero attached hydrogens (tertiary/aromatic N) is 1. The van der Waals surface area contributed by atoms with Crippen LogP contribution >= 0.6 is 0 Å². The van der Waals surface area contributed by atoms with Crippen LogP contribution < -0.4 is 0 Å². The molecule has 0 aliphatic carbocycles. The molecule has 3 aromatic carbocycles. The molecular formula is C24H23NO3. The zero-order valence-corrected chi connectivity index (χ0v) is 15.6. The Morgan fingerprint density at radius 1 is 0.893 bits per heavy atom. The summed E-state index contributed by atoms with van der Waals surface area (Å²) < 4.78 is 5.66. The van der Waals surface area contributed by atoms with Crippen LogP contribution in [0.5, 0.6) is 0 Å². The number of hydrogen-bond acceptors (Lipinski definition) is 3. The molecule has 0 radical (unpaired) electrons. The summed E-state index contributed by atoms with van der Waals surface area (Å²) in [5.74, 6) is 0. The molecule has 142 valence electrons. The van der Waals surface area contributed by atoms with Crippen molar-refractivity contribution in [2.24, 2.45) is 0 Å². The molecule has 3 aromatic rings. The molecule has 1 amide bonds. The van der Waals surface area contributed by atoms with Crippen molar-refractivity contribution in [1.29, 1.82) is 0 Å². The van der Waals surface area contributed by atoms with E-state index in [2.05, 4.69) is 6.07 Å². The van der Waals surface area contributed by atoms with E-state index in [-0.39, 0.29) is 18.8 Å². The molecular weight excluding hydrogens is 350 g/mol. The van der Waals surface area contributed by atoms with Crippen molar-refractivity contribution >= 4 is 6.09 Å². The summed E-state index contributed by atoms with van der Waals surface area (Å²) in [7, 11) is 0. The molecule has 1 saturated heterocycles. The number of amides is 1. The number of aliphatic hydroxyl groups excluding tert-OH is 1. The predicted octanol–water partition coefficient (Wildman–Crippen LogP) is 4.93. The highest BCUT2D eigenvalue weighted by molar-refractivity contribution is 5.69. The van der Waals surface area contributed by atoms with Gasteiger partial charge in [-0.25, -0.2) is 4.79 Å². The van der Waals surface area contributed by atoms with Gasteiger partial charge >= 0.3 is 6.09 Å². The van der Waals surface area contributed by atoms with E-state index in [4.69, 9.17) is 4.74 Å². The first-order valence-electron chi connectivity index (χ1n) is 9.52. The van der Waals surface area contributed by atoms with Gasteiger partial charge in [0.2, 0.25) is 0 Å². The number of carbonyl (C=O) groups excluding carboxylic acids is 1. The van der Waals surface area contributed by atoms with Crippen LogP contribution in [0.3, 0.4) is 0 Å². The van der Waals surface area contributed by atoms with Crippen LogP contribution in [0.25, 0.3) is 11.1 Å². The molecule has 0 aromatic heterocycles. The Morgan fingerprint density at radius 2 is 1.57 bits per heavy atom. The first kappa shape index (κ1) is 18.3. The third kappa shape index (κ3) is 4.07. The van der Waals surface area contributed by atoms with Crippen molar-refractivity contribution in [3.8, 4) is 11.1 Å². The maximum atomic E-state index is 12.5. The smallest absolute Gasteiger partial charge is 0.410 e. The highest BCUT2D eigenvalue weighted by atomic mass is 16.6. The van der Waals surface area contributed by atoms with Crippen LogP contribution in [0, 0.1) is 0 Å². The third-order valence-electron chi connectivity index (χ3n) is 5.08. The topological polar surface area (TPSA) is 49.8 Å². The minimum absolute atomic E-state index is 0.0235. The number of ether oxygens (including phenoxy) is 1. The summed E-state index contributed by atoms with van der Waals surface area (Å²) in [5.41, 5.74) is 5.11. The molecule has 0 saturated carbocycles. The summed E-state index contributed by atoms with van der Waals surface area (Å²) in [6.45, 7) is 1.21. The van der Waals surface area contributed by atoms with E-state index < -0.39 is 0 Å². The van der Waals surface area contributed by atoms with Crippen LogP contribution in [0.15, 0.2) is 78.9 Å². The van der Waals surface area contributed by atoms with Crippen LogP contribution in [-0.4, -0.2) is 22.6 Å². The fraction of sp³-hybridized carbons (Fsp3) is 0.208. The quantitative estimate of drug-likeness (QED) is 0.690. The molecule has 4 heteroatoms. The number of hydrogen-bond donors (Lipinski definition) is 1. The van der Waals surface area contributed by atoms with Gasteiger partial charge in [-0.3, -0.25) is 0 Å². The standard InChI is InChI=1S/C24H23NO3/c26-17-19-7-5-11-22(15-19)21-10-4-6-18(14-21)16-25-13-12-23(28-24(25)27)20-8-2-1-3-9-20/h1-11,14-15,23,26H,12-13,16-17H2. The Morgan fingerprint density at radius 3 is 2.25 bits per heavy atom. The minimum atomic E-state index is -0.271. The summed E-state index contributed by atoms with van der Waals surface area (Å²) in [6.07, 6.45) is 0.346. The van der Waals surface area contributed by atoms with E-state index >= 15 is 0 Å². The van der Waals surface area contributed by atoms with Gasteiger partial charge in [-0.05, 0) is 39.9 Å². The van der Waals surface area contributed by atoms with Crippen molar-refractivity contribution in [3.05, 3.63) is 95.6 Å². The highest BCUT2D eigenvalue weighted by Gasteiger charge is 2.28. The van der Waals surface area contributed by atoms with Crippen LogP contribution in [0.1, 0.15) is 29.2 Å². The van der Waals surface area contributed by atoms with Crippen LogP contribution in [-0.2, 0) is 17.9 Å². The van der Waals surface area contributed by atoms with E-state index in [1.54, 1.807) is 4.90 Å². The van der Waals surface area contributed by atoms with Gasteiger partial charge in [0, 0.05) is 19.5 Å². The fourth-order valence-electron chi connectivity index (χ4n) is 3.58. The fourth-order valence-corrected chi connectivity index (χ4v) is 3.58. The molecule has 0 bridgehead atoms. The lowest BCUT2D eigenvalue weighted by Gasteiger charge is -2.32. The lowest BCUT2D eigenvalue weighted by atomic mass is 10.0. The van der Waals surface area contributed by atoms with Gasteiger partial charge in [-0.15, -0.1) is 0 Å². The lowest BCUT2D eigenvalue weighted by Crippen LogP contribution is -2.38. The summed E-state index contributed by atoms with van der Waals surface area (Å²) in [5, 5.41) is 9.35. The first-order chi connectivity index (χ1) is 13.7. The maximum Gasteiger partial charge on any atom is 0.410 e. The van der Waals surface area contributed by atoms with Gasteiger partial charge in [-0.2, -0.15) is 0 Å². The molecule has 1 aliphatic rings. The first-order valence-corrected chi connectivity index (χ1v) is 9.52. The van der Waals surface area contributed by atoms with Crippen molar-refractivity contribution < 1.29 is 14.6 Å². The molecule has 1 aliphatic heterocycles. The second-order valence-corrected chi connectivity index (χ2v) is 7.05. The van der Waals surface area contributed by atoms with Crippen LogP contribution in [0.4, 0.5) is 4.79 Å². The van der Waals surface area contributed by atoms with E-state index in [1.807, 2.05) is 72.8 Å². The SMILES string of the molecule is O=C1OC(c2ccccc2)CCN1Cc1cccc(-c2cccc(CO)c2)c1. The van der Waals surface area contributed by atoms with E-state index in [9.17, 15) is 9.90 Å². The minimum Gasteiger partial charge on any atom is -0.441 e. The van der Waals surface area contributed by atoms with Crippen molar-refractivity contribution in [2.75, 3.05) is 6.54 Å². The molecule has 1 fully saturated rings. The molecule has 1 unspecified atom stereocenters. The number of benzene rings is 3.